The second kappa shape index (κ2) is 4.47. The Hall–Kier alpha value is -0.210. The number of piperidine rings is 1. The Morgan fingerprint density at radius 2 is 2.06 bits per heavy atom. The second-order valence-electron chi connectivity index (χ2n) is 4.87. The predicted octanol–water partition coefficient (Wildman–Crippen LogP) is -0.558. The van der Waals surface area contributed by atoms with Gasteiger partial charge in [-0.05, 0) is 19.8 Å². The summed E-state index contributed by atoms with van der Waals surface area (Å²) >= 11 is 0. The van der Waals surface area contributed by atoms with E-state index in [9.17, 15) is 13.5 Å². The summed E-state index contributed by atoms with van der Waals surface area (Å²) in [5.74, 6) is 0. The van der Waals surface area contributed by atoms with Gasteiger partial charge < -0.3 is 9.84 Å². The maximum Gasteiger partial charge on any atom is 0.276 e. The van der Waals surface area contributed by atoms with Crippen LogP contribution < -0.4 is 5.14 Å². The van der Waals surface area contributed by atoms with Gasteiger partial charge in [0.15, 0.2) is 0 Å². The zero-order chi connectivity index (χ0) is 12.7. The molecule has 1 saturated heterocycles. The van der Waals surface area contributed by atoms with Crippen LogP contribution in [0.5, 0.6) is 0 Å². The van der Waals surface area contributed by atoms with Gasteiger partial charge in [0.2, 0.25) is 0 Å². The molecule has 2 aliphatic rings. The van der Waals surface area contributed by atoms with Crippen LogP contribution in [-0.2, 0) is 14.9 Å². The van der Waals surface area contributed by atoms with E-state index < -0.39 is 10.2 Å². The van der Waals surface area contributed by atoms with Crippen molar-refractivity contribution in [2.24, 2.45) is 10.6 Å². The lowest BCUT2D eigenvalue weighted by molar-refractivity contribution is -0.205. The highest BCUT2D eigenvalue weighted by molar-refractivity contribution is 7.86. The normalized spacial score (nSPS) is 33.6. The molecule has 0 unspecified atom stereocenters. The van der Waals surface area contributed by atoms with Crippen molar-refractivity contribution < 1.29 is 18.3 Å². The molecule has 1 spiro atoms. The van der Waals surface area contributed by atoms with Gasteiger partial charge in [-0.1, -0.05) is 0 Å². The first-order valence-corrected chi connectivity index (χ1v) is 7.48. The highest BCUT2D eigenvalue weighted by atomic mass is 32.2. The number of ether oxygens (including phenoxy) is 1. The predicted molar refractivity (Wildman–Crippen MR) is 62.4 cm³/mol. The van der Waals surface area contributed by atoms with E-state index in [0.29, 0.717) is 39.0 Å². The maximum atomic E-state index is 11.2. The van der Waals surface area contributed by atoms with Crippen LogP contribution in [-0.4, -0.2) is 49.7 Å². The summed E-state index contributed by atoms with van der Waals surface area (Å²) in [7, 11) is -3.60. The van der Waals surface area contributed by atoms with Crippen molar-refractivity contribution in [1.82, 2.24) is 4.31 Å². The molecule has 1 saturated carbocycles. The van der Waals surface area contributed by atoms with E-state index in [0.717, 1.165) is 0 Å². The molecule has 7 heteroatoms. The molecule has 2 rings (SSSR count). The first kappa shape index (κ1) is 13.2. The summed E-state index contributed by atoms with van der Waals surface area (Å²) in [4.78, 5) is 0. The monoisotopic (exact) mass is 264 g/mol. The lowest BCUT2D eigenvalue weighted by Gasteiger charge is -2.56. The molecule has 1 aliphatic carbocycles. The van der Waals surface area contributed by atoms with Crippen molar-refractivity contribution in [3.05, 3.63) is 0 Å². The number of aliphatic hydroxyl groups excluding tert-OH is 1. The molecule has 0 aromatic carbocycles. The Morgan fingerprint density at radius 1 is 1.47 bits per heavy atom. The van der Waals surface area contributed by atoms with E-state index in [-0.39, 0.29) is 17.6 Å². The maximum absolute atomic E-state index is 11.2. The van der Waals surface area contributed by atoms with Gasteiger partial charge in [0.25, 0.3) is 10.2 Å². The smallest absolute Gasteiger partial charge is 0.276 e. The molecule has 0 aromatic rings. The third-order valence-corrected chi connectivity index (χ3v) is 5.21. The van der Waals surface area contributed by atoms with Crippen LogP contribution in [0.3, 0.4) is 0 Å². The minimum absolute atomic E-state index is 0.0603. The third kappa shape index (κ3) is 2.22. The highest BCUT2D eigenvalue weighted by Gasteiger charge is 2.56. The van der Waals surface area contributed by atoms with Crippen molar-refractivity contribution in [3.8, 4) is 0 Å². The van der Waals surface area contributed by atoms with E-state index in [1.165, 1.54) is 4.31 Å². The molecule has 17 heavy (non-hydrogen) atoms. The van der Waals surface area contributed by atoms with Crippen molar-refractivity contribution in [1.29, 1.82) is 0 Å². The molecule has 1 heterocycles. The lowest BCUT2D eigenvalue weighted by Crippen LogP contribution is -2.63. The summed E-state index contributed by atoms with van der Waals surface area (Å²) in [6, 6.07) is 0. The van der Waals surface area contributed by atoms with Gasteiger partial charge in [-0.25, -0.2) is 5.14 Å². The summed E-state index contributed by atoms with van der Waals surface area (Å²) in [6.07, 6.45) is 1.58. The van der Waals surface area contributed by atoms with Gasteiger partial charge in [0.1, 0.15) is 0 Å². The molecular weight excluding hydrogens is 244 g/mol. The number of rotatable bonds is 3. The average molecular weight is 264 g/mol. The fraction of sp³-hybridized carbons (Fsp3) is 1.00. The summed E-state index contributed by atoms with van der Waals surface area (Å²) in [5.41, 5.74) is -0.253. The van der Waals surface area contributed by atoms with Crippen molar-refractivity contribution in [3.63, 3.8) is 0 Å². The number of hydrogen-bond acceptors (Lipinski definition) is 4. The van der Waals surface area contributed by atoms with Crippen LogP contribution in [0.25, 0.3) is 0 Å². The van der Waals surface area contributed by atoms with Crippen LogP contribution in [0.4, 0.5) is 0 Å². The number of hydrogen-bond donors (Lipinski definition) is 2. The minimum Gasteiger partial charge on any atom is -0.392 e. The van der Waals surface area contributed by atoms with E-state index in [4.69, 9.17) is 9.88 Å². The molecule has 3 N–H and O–H groups in total. The minimum atomic E-state index is -3.60. The topological polar surface area (TPSA) is 92.9 Å². The van der Waals surface area contributed by atoms with E-state index in [1.54, 1.807) is 0 Å². The van der Waals surface area contributed by atoms with Crippen LogP contribution in [0.15, 0.2) is 0 Å². The number of nitrogens with two attached hydrogens (primary N) is 1. The lowest BCUT2D eigenvalue weighted by atomic mass is 9.58. The van der Waals surface area contributed by atoms with E-state index in [2.05, 4.69) is 0 Å². The van der Waals surface area contributed by atoms with Gasteiger partial charge in [-0.2, -0.15) is 12.7 Å². The Labute approximate surface area is 102 Å². The standard InChI is InChI=1S/C10H20N2O4S/c1-2-16-9-7-8(13)10(9)3-5-12(6-4-10)17(11,14)15/h8-9,13H,2-7H2,1H3,(H2,11,14,15)/t8-,9+/m1/s1. The Balaban J connectivity index is 2.02. The zero-order valence-electron chi connectivity index (χ0n) is 10.0. The highest BCUT2D eigenvalue weighted by Crippen LogP contribution is 2.51. The molecule has 0 aromatic heterocycles. The van der Waals surface area contributed by atoms with Gasteiger partial charge in [0, 0.05) is 31.5 Å². The number of nitrogens with zero attached hydrogens (tertiary/aromatic N) is 1. The average Bonchev–Trinajstić information content (AvgIpc) is 2.28. The van der Waals surface area contributed by atoms with Gasteiger partial charge in [-0.3, -0.25) is 0 Å². The van der Waals surface area contributed by atoms with Crippen molar-refractivity contribution in [2.75, 3.05) is 19.7 Å². The van der Waals surface area contributed by atoms with Crippen molar-refractivity contribution >= 4 is 10.2 Å². The molecule has 100 valence electrons. The van der Waals surface area contributed by atoms with Gasteiger partial charge in [0.05, 0.1) is 12.2 Å². The first-order valence-electron chi connectivity index (χ1n) is 5.97. The molecular formula is C10H20N2O4S. The molecule has 0 radical (unpaired) electrons. The van der Waals surface area contributed by atoms with Crippen LogP contribution in [0, 0.1) is 5.41 Å². The Bertz CT molecular complexity index is 374. The summed E-state index contributed by atoms with van der Waals surface area (Å²) < 4.78 is 29.3. The molecule has 0 amide bonds. The van der Waals surface area contributed by atoms with E-state index >= 15 is 0 Å². The van der Waals surface area contributed by atoms with Crippen LogP contribution in [0.1, 0.15) is 26.2 Å². The largest absolute Gasteiger partial charge is 0.392 e. The summed E-state index contributed by atoms with van der Waals surface area (Å²) in [6.45, 7) is 3.30. The first-order chi connectivity index (χ1) is 7.90. The Kier molecular flexibility index (Phi) is 3.48. The van der Waals surface area contributed by atoms with E-state index in [1.807, 2.05) is 6.92 Å². The van der Waals surface area contributed by atoms with Crippen molar-refractivity contribution in [2.45, 2.75) is 38.4 Å². The molecule has 2 fully saturated rings. The molecule has 2 atom stereocenters. The van der Waals surface area contributed by atoms with Gasteiger partial charge >= 0.3 is 0 Å². The molecule has 0 bridgehead atoms. The van der Waals surface area contributed by atoms with Crippen LogP contribution >= 0.6 is 0 Å². The molecule has 1 aliphatic heterocycles. The van der Waals surface area contributed by atoms with Gasteiger partial charge in [-0.15, -0.1) is 0 Å². The second-order valence-corrected chi connectivity index (χ2v) is 6.42. The molecule has 6 nitrogen and oxygen atoms in total. The zero-order valence-corrected chi connectivity index (χ0v) is 10.8. The number of aliphatic hydroxyl groups is 1. The van der Waals surface area contributed by atoms with Crippen LogP contribution in [0.2, 0.25) is 0 Å². The fourth-order valence-electron chi connectivity index (χ4n) is 2.97. The summed E-state index contributed by atoms with van der Waals surface area (Å²) in [5, 5.41) is 15.0. The Morgan fingerprint density at radius 3 is 2.47 bits per heavy atom. The SMILES string of the molecule is CCO[C@H]1C[C@@H](O)C12CCN(S(N)(=O)=O)CC2. The quantitative estimate of drug-likeness (QED) is 0.714. The fourth-order valence-corrected chi connectivity index (χ4v) is 3.67. The third-order valence-electron chi connectivity index (χ3n) is 4.12.